The average molecular weight is 785 g/mol. The number of carbonyl (C=O) groups excluding carboxylic acids is 4. The Morgan fingerprint density at radius 2 is 0.854 bits per heavy atom. The quantitative estimate of drug-likeness (QED) is 0.0771. The van der Waals surface area contributed by atoms with Crippen LogP contribution in [0.5, 0.6) is 11.5 Å². The number of ether oxygens (including phenoxy) is 4. The zero-order chi connectivity index (χ0) is 34.8. The number of benzene rings is 2. The predicted molar refractivity (Wildman–Crippen MR) is 186 cm³/mol. The molecule has 0 unspecified atom stereocenters. The van der Waals surface area contributed by atoms with Crippen molar-refractivity contribution in [3.8, 4) is 11.5 Å². The molecular formula is C34H36Cl6O8. The zero-order valence-electron chi connectivity index (χ0n) is 26.2. The third kappa shape index (κ3) is 10.5. The molecule has 8 nitrogen and oxygen atoms in total. The SMILES string of the molecule is O=C(Oc1c(Cl)cc(Cl)c(Cl)c1C(=O)OCCC1CCCCCC1)C(=O)Oc1c(Cl)cc(Cl)c(Cl)c1C(=O)OCCC1CCCCCC1. The molecule has 2 fully saturated rings. The standard InChI is InChI=1S/C34H36Cl6O8/c35-21-17-23(37)29(25(27(21)39)31(41)45-15-13-19-9-5-1-2-6-10-19)47-33(43)34(44)48-30-24(38)18-22(36)28(40)26(30)32(42)46-16-14-20-11-7-3-4-8-12-20/h17-20H,1-16H2. The molecular weight excluding hydrogens is 749 g/mol. The van der Waals surface area contributed by atoms with Crippen molar-refractivity contribution in [1.82, 2.24) is 0 Å². The Kier molecular flexibility index (Phi) is 15.3. The summed E-state index contributed by atoms with van der Waals surface area (Å²) in [5, 5.41) is -1.40. The van der Waals surface area contributed by atoms with Crippen LogP contribution in [0.4, 0.5) is 0 Å². The molecule has 0 amide bonds. The smallest absolute Gasteiger partial charge is 0.423 e. The monoisotopic (exact) mass is 782 g/mol. The Bertz CT molecular complexity index is 1390. The maximum Gasteiger partial charge on any atom is 0.423 e. The molecule has 2 aliphatic rings. The lowest BCUT2D eigenvalue weighted by Crippen LogP contribution is -2.27. The predicted octanol–water partition coefficient (Wildman–Crippen LogP) is 11.2. The highest BCUT2D eigenvalue weighted by atomic mass is 35.5. The third-order valence-corrected chi connectivity index (χ3v) is 10.8. The summed E-state index contributed by atoms with van der Waals surface area (Å²) >= 11 is 37.5. The molecule has 0 saturated heterocycles. The first-order chi connectivity index (χ1) is 23.0. The van der Waals surface area contributed by atoms with Crippen LogP contribution in [-0.4, -0.2) is 37.1 Å². The van der Waals surface area contributed by atoms with Crippen LogP contribution in [-0.2, 0) is 19.1 Å². The van der Waals surface area contributed by atoms with Gasteiger partial charge in [0, 0.05) is 0 Å². The van der Waals surface area contributed by atoms with Gasteiger partial charge in [-0.3, -0.25) is 0 Å². The van der Waals surface area contributed by atoms with Crippen molar-refractivity contribution < 1.29 is 38.1 Å². The molecule has 4 rings (SSSR count). The van der Waals surface area contributed by atoms with Gasteiger partial charge in [-0.05, 0) is 36.8 Å². The highest BCUT2D eigenvalue weighted by Gasteiger charge is 2.32. The Balaban J connectivity index is 1.47. The summed E-state index contributed by atoms with van der Waals surface area (Å²) in [6.07, 6.45) is 14.8. The van der Waals surface area contributed by atoms with Gasteiger partial charge in [0.2, 0.25) is 0 Å². The van der Waals surface area contributed by atoms with Crippen molar-refractivity contribution in [3.05, 3.63) is 53.4 Å². The first kappa shape index (κ1) is 38.9. The average Bonchev–Trinajstić information content (AvgIpc) is 3.48. The lowest BCUT2D eigenvalue weighted by atomic mass is 9.97. The van der Waals surface area contributed by atoms with E-state index < -0.39 is 46.5 Å². The summed E-state index contributed by atoms with van der Waals surface area (Å²) < 4.78 is 21.3. The maximum absolute atomic E-state index is 13.2. The van der Waals surface area contributed by atoms with Crippen molar-refractivity contribution >= 4 is 93.5 Å². The summed E-state index contributed by atoms with van der Waals surface area (Å²) in [6.45, 7) is 0.184. The summed E-state index contributed by atoms with van der Waals surface area (Å²) in [6, 6.07) is 2.28. The van der Waals surface area contributed by atoms with Gasteiger partial charge in [-0.15, -0.1) is 0 Å². The second-order valence-electron chi connectivity index (χ2n) is 12.1. The molecule has 262 valence electrons. The van der Waals surface area contributed by atoms with Gasteiger partial charge in [0.05, 0.1) is 43.3 Å². The Hall–Kier alpha value is -1.94. The van der Waals surface area contributed by atoms with Crippen LogP contribution < -0.4 is 9.47 Å². The molecule has 2 aromatic rings. The van der Waals surface area contributed by atoms with Crippen molar-refractivity contribution in [2.75, 3.05) is 13.2 Å². The molecule has 0 spiro atoms. The first-order valence-corrected chi connectivity index (χ1v) is 18.4. The molecule has 0 bridgehead atoms. The minimum absolute atomic E-state index is 0.0920. The summed E-state index contributed by atoms with van der Waals surface area (Å²) in [5.41, 5.74) is -0.886. The Labute approximate surface area is 309 Å². The fraction of sp³-hybridized carbons (Fsp3) is 0.529. The number of rotatable bonds is 10. The van der Waals surface area contributed by atoms with Gasteiger partial charge in [0.15, 0.2) is 11.5 Å². The zero-order valence-corrected chi connectivity index (χ0v) is 30.7. The number of carbonyl (C=O) groups is 4. The maximum atomic E-state index is 13.2. The highest BCUT2D eigenvalue weighted by Crippen LogP contribution is 2.42. The van der Waals surface area contributed by atoms with Gasteiger partial charge in [-0.25, -0.2) is 19.2 Å². The van der Waals surface area contributed by atoms with E-state index in [-0.39, 0.29) is 43.3 Å². The van der Waals surface area contributed by atoms with Crippen molar-refractivity contribution in [2.45, 2.75) is 89.9 Å². The number of hydrogen-bond acceptors (Lipinski definition) is 8. The minimum Gasteiger partial charge on any atom is -0.462 e. The van der Waals surface area contributed by atoms with Gasteiger partial charge in [-0.1, -0.05) is 147 Å². The molecule has 0 heterocycles. The van der Waals surface area contributed by atoms with Gasteiger partial charge in [0.1, 0.15) is 11.1 Å². The highest BCUT2D eigenvalue weighted by molar-refractivity contribution is 6.47. The molecule has 48 heavy (non-hydrogen) atoms. The van der Waals surface area contributed by atoms with Gasteiger partial charge in [-0.2, -0.15) is 0 Å². The minimum atomic E-state index is -1.63. The van der Waals surface area contributed by atoms with Crippen LogP contribution in [0.3, 0.4) is 0 Å². The molecule has 0 aromatic heterocycles. The second kappa shape index (κ2) is 18.9. The third-order valence-electron chi connectivity index (χ3n) is 8.69. The Morgan fingerprint density at radius 3 is 1.19 bits per heavy atom. The van der Waals surface area contributed by atoms with E-state index in [1.807, 2.05) is 0 Å². The van der Waals surface area contributed by atoms with Crippen molar-refractivity contribution in [3.63, 3.8) is 0 Å². The van der Waals surface area contributed by atoms with E-state index in [9.17, 15) is 19.2 Å². The van der Waals surface area contributed by atoms with Gasteiger partial charge >= 0.3 is 23.9 Å². The molecule has 0 radical (unpaired) electrons. The van der Waals surface area contributed by atoms with Crippen LogP contribution >= 0.6 is 69.6 Å². The number of esters is 4. The van der Waals surface area contributed by atoms with Crippen molar-refractivity contribution in [2.24, 2.45) is 11.8 Å². The van der Waals surface area contributed by atoms with Crippen LogP contribution in [0.1, 0.15) is 111 Å². The van der Waals surface area contributed by atoms with Crippen LogP contribution in [0.2, 0.25) is 30.1 Å². The van der Waals surface area contributed by atoms with E-state index in [4.69, 9.17) is 88.6 Å². The molecule has 0 atom stereocenters. The van der Waals surface area contributed by atoms with Crippen LogP contribution in [0, 0.1) is 11.8 Å². The normalized spacial score (nSPS) is 16.0. The molecule has 14 heteroatoms. The van der Waals surface area contributed by atoms with E-state index in [0.29, 0.717) is 24.7 Å². The van der Waals surface area contributed by atoms with Crippen LogP contribution in [0.25, 0.3) is 0 Å². The molecule has 2 saturated carbocycles. The topological polar surface area (TPSA) is 105 Å². The van der Waals surface area contributed by atoms with Gasteiger partial charge < -0.3 is 18.9 Å². The molecule has 0 aliphatic heterocycles. The summed E-state index contributed by atoms with van der Waals surface area (Å²) in [4.78, 5) is 52.3. The fourth-order valence-corrected chi connectivity index (χ4v) is 7.51. The largest absolute Gasteiger partial charge is 0.462 e. The van der Waals surface area contributed by atoms with E-state index in [1.54, 1.807) is 0 Å². The summed E-state index contributed by atoms with van der Waals surface area (Å²) in [5.74, 6) is -5.44. The number of halogens is 6. The van der Waals surface area contributed by atoms with E-state index >= 15 is 0 Å². The van der Waals surface area contributed by atoms with Gasteiger partial charge in [0.25, 0.3) is 0 Å². The first-order valence-electron chi connectivity index (χ1n) is 16.1. The lowest BCUT2D eigenvalue weighted by molar-refractivity contribution is -0.156. The van der Waals surface area contributed by atoms with E-state index in [0.717, 1.165) is 63.5 Å². The molecule has 2 aliphatic carbocycles. The van der Waals surface area contributed by atoms with Crippen LogP contribution in [0.15, 0.2) is 12.1 Å². The fourth-order valence-electron chi connectivity index (χ4n) is 6.08. The second-order valence-corrected chi connectivity index (χ2v) is 14.4. The Morgan fingerprint density at radius 1 is 0.521 bits per heavy atom. The molecule has 0 N–H and O–H groups in total. The van der Waals surface area contributed by atoms with E-state index in [2.05, 4.69) is 0 Å². The lowest BCUT2D eigenvalue weighted by Gasteiger charge is -2.17. The van der Waals surface area contributed by atoms with Crippen molar-refractivity contribution in [1.29, 1.82) is 0 Å². The number of hydrogen-bond donors (Lipinski definition) is 0. The molecule has 2 aromatic carbocycles. The summed E-state index contributed by atoms with van der Waals surface area (Å²) in [7, 11) is 0. The van der Waals surface area contributed by atoms with E-state index in [1.165, 1.54) is 25.7 Å².